The molecule has 0 N–H and O–H groups in total. The first-order valence-electron chi connectivity index (χ1n) is 6.34. The highest BCUT2D eigenvalue weighted by Gasteiger charge is 2.23. The van der Waals surface area contributed by atoms with Crippen molar-refractivity contribution in [2.24, 2.45) is 0 Å². The zero-order valence-electron chi connectivity index (χ0n) is 10.8. The molecule has 0 aliphatic heterocycles. The predicted octanol–water partition coefficient (Wildman–Crippen LogP) is 4.68. The molecule has 2 nitrogen and oxygen atoms in total. The average Bonchev–Trinajstić information content (AvgIpc) is 2.23. The van der Waals surface area contributed by atoms with Crippen molar-refractivity contribution in [2.45, 2.75) is 65.9 Å². The van der Waals surface area contributed by atoms with E-state index >= 15 is 0 Å². The Bertz CT molecular complexity index is 180. The summed E-state index contributed by atoms with van der Waals surface area (Å²) in [5, 5.41) is 0. The number of rotatable bonds is 9. The molecule has 0 heterocycles. The minimum Gasteiger partial charge on any atom is -0.325 e. The second-order valence-corrected chi connectivity index (χ2v) is 7.03. The normalized spacial score (nSPS) is 14.1. The van der Waals surface area contributed by atoms with E-state index in [1.807, 2.05) is 6.92 Å². The summed E-state index contributed by atoms with van der Waals surface area (Å²) in [6.07, 6.45) is 6.88. The molecule has 1 unspecified atom stereocenters. The lowest BCUT2D eigenvalue weighted by Crippen LogP contribution is -2.09. The topological polar surface area (TPSA) is 26.3 Å². The minimum absolute atomic E-state index is 0.143. The second kappa shape index (κ2) is 8.35. The van der Waals surface area contributed by atoms with Crippen molar-refractivity contribution in [1.29, 1.82) is 0 Å². The third kappa shape index (κ3) is 7.14. The van der Waals surface area contributed by atoms with Gasteiger partial charge in [-0.3, -0.25) is 4.57 Å². The van der Waals surface area contributed by atoms with Gasteiger partial charge in [-0.2, -0.15) is 0 Å². The van der Waals surface area contributed by atoms with Gasteiger partial charge in [0.2, 0.25) is 7.37 Å². The molecule has 0 aliphatic carbocycles. The molecule has 92 valence electrons. The zero-order chi connectivity index (χ0) is 11.7. The van der Waals surface area contributed by atoms with Gasteiger partial charge in [-0.15, -0.1) is 0 Å². The fourth-order valence-electron chi connectivity index (χ4n) is 1.42. The molecule has 0 radical (unpaired) electrons. The van der Waals surface area contributed by atoms with Crippen LogP contribution in [0.5, 0.6) is 0 Å². The van der Waals surface area contributed by atoms with E-state index in [1.54, 1.807) is 0 Å². The van der Waals surface area contributed by atoms with Gasteiger partial charge in [0, 0.05) is 12.3 Å². The van der Waals surface area contributed by atoms with Crippen molar-refractivity contribution in [3.05, 3.63) is 0 Å². The standard InChI is InChI=1S/C12H27O2P/c1-5-8-10-15(13,11-9-6-2)14-12(4)7-3/h12H,5-11H2,1-4H3. The molecule has 0 spiro atoms. The molecular formula is C12H27O2P. The van der Waals surface area contributed by atoms with E-state index in [-0.39, 0.29) is 6.10 Å². The number of hydrogen-bond donors (Lipinski definition) is 0. The van der Waals surface area contributed by atoms with Gasteiger partial charge in [-0.25, -0.2) is 0 Å². The first-order chi connectivity index (χ1) is 7.08. The maximum Gasteiger partial charge on any atom is 0.203 e. The van der Waals surface area contributed by atoms with Gasteiger partial charge in [0.05, 0.1) is 6.10 Å². The molecule has 0 bridgehead atoms. The molecule has 0 fully saturated rings. The predicted molar refractivity (Wildman–Crippen MR) is 68.0 cm³/mol. The van der Waals surface area contributed by atoms with Gasteiger partial charge in [0.15, 0.2) is 0 Å². The van der Waals surface area contributed by atoms with E-state index in [4.69, 9.17) is 4.52 Å². The lowest BCUT2D eigenvalue weighted by Gasteiger charge is -2.22. The van der Waals surface area contributed by atoms with Crippen molar-refractivity contribution in [3.63, 3.8) is 0 Å². The molecule has 0 aromatic carbocycles. The molecular weight excluding hydrogens is 207 g/mol. The largest absolute Gasteiger partial charge is 0.325 e. The summed E-state index contributed by atoms with van der Waals surface area (Å²) < 4.78 is 18.2. The van der Waals surface area contributed by atoms with Crippen LogP contribution in [0.15, 0.2) is 0 Å². The van der Waals surface area contributed by atoms with Gasteiger partial charge in [-0.1, -0.05) is 33.6 Å². The fourth-order valence-corrected chi connectivity index (χ4v) is 4.25. The summed E-state index contributed by atoms with van der Waals surface area (Å²) in [5.41, 5.74) is 0. The molecule has 0 amide bonds. The first kappa shape index (κ1) is 15.2. The van der Waals surface area contributed by atoms with E-state index in [0.717, 1.165) is 44.4 Å². The van der Waals surface area contributed by atoms with Crippen LogP contribution in [0.25, 0.3) is 0 Å². The number of unbranched alkanes of at least 4 members (excludes halogenated alkanes) is 2. The summed E-state index contributed by atoms with van der Waals surface area (Å²) in [7, 11) is -2.33. The van der Waals surface area contributed by atoms with Gasteiger partial charge < -0.3 is 4.52 Å². The lowest BCUT2D eigenvalue weighted by molar-refractivity contribution is 0.218. The summed E-state index contributed by atoms with van der Waals surface area (Å²) in [6, 6.07) is 0. The van der Waals surface area contributed by atoms with Crippen molar-refractivity contribution in [3.8, 4) is 0 Å². The van der Waals surface area contributed by atoms with E-state index in [0.29, 0.717) is 0 Å². The zero-order valence-corrected chi connectivity index (χ0v) is 11.7. The molecule has 0 aromatic rings. The fraction of sp³-hybridized carbons (Fsp3) is 1.00. The van der Waals surface area contributed by atoms with Gasteiger partial charge in [0.1, 0.15) is 0 Å². The molecule has 0 rings (SSSR count). The highest BCUT2D eigenvalue weighted by Crippen LogP contribution is 2.49. The Balaban J connectivity index is 4.19. The van der Waals surface area contributed by atoms with Crippen molar-refractivity contribution >= 4 is 7.37 Å². The van der Waals surface area contributed by atoms with Crippen LogP contribution >= 0.6 is 7.37 Å². The molecule has 0 saturated carbocycles. The van der Waals surface area contributed by atoms with Crippen molar-refractivity contribution in [2.75, 3.05) is 12.3 Å². The van der Waals surface area contributed by atoms with Crippen molar-refractivity contribution < 1.29 is 9.09 Å². The Labute approximate surface area is 95.2 Å². The quantitative estimate of drug-likeness (QED) is 0.541. The van der Waals surface area contributed by atoms with E-state index in [9.17, 15) is 4.57 Å². The van der Waals surface area contributed by atoms with Crippen LogP contribution in [0.1, 0.15) is 59.8 Å². The Morgan fingerprint density at radius 3 is 1.87 bits per heavy atom. The van der Waals surface area contributed by atoms with Gasteiger partial charge in [0.25, 0.3) is 0 Å². The Morgan fingerprint density at radius 1 is 1.07 bits per heavy atom. The highest BCUT2D eigenvalue weighted by atomic mass is 31.2. The Hall–Kier alpha value is 0.190. The van der Waals surface area contributed by atoms with Gasteiger partial charge in [-0.05, 0) is 26.2 Å². The molecule has 1 atom stereocenters. The molecule has 0 aliphatic rings. The third-order valence-electron chi connectivity index (χ3n) is 2.65. The second-order valence-electron chi connectivity index (χ2n) is 4.29. The van der Waals surface area contributed by atoms with E-state index < -0.39 is 7.37 Å². The summed E-state index contributed by atoms with van der Waals surface area (Å²) in [4.78, 5) is 0. The first-order valence-corrected chi connectivity index (χ1v) is 8.34. The van der Waals surface area contributed by atoms with E-state index in [1.165, 1.54) is 0 Å². The highest BCUT2D eigenvalue weighted by molar-refractivity contribution is 7.58. The molecule has 0 saturated heterocycles. The van der Waals surface area contributed by atoms with Crippen LogP contribution in [0, 0.1) is 0 Å². The molecule has 15 heavy (non-hydrogen) atoms. The van der Waals surface area contributed by atoms with Crippen LogP contribution < -0.4 is 0 Å². The molecule has 0 aromatic heterocycles. The van der Waals surface area contributed by atoms with Gasteiger partial charge >= 0.3 is 0 Å². The average molecular weight is 234 g/mol. The van der Waals surface area contributed by atoms with Crippen LogP contribution in [0.2, 0.25) is 0 Å². The Kier molecular flexibility index (Phi) is 8.46. The Morgan fingerprint density at radius 2 is 1.53 bits per heavy atom. The lowest BCUT2D eigenvalue weighted by atomic mass is 10.3. The summed E-state index contributed by atoms with van der Waals surface area (Å²) >= 11 is 0. The summed E-state index contributed by atoms with van der Waals surface area (Å²) in [5.74, 6) is 0. The van der Waals surface area contributed by atoms with Crippen LogP contribution in [0.4, 0.5) is 0 Å². The van der Waals surface area contributed by atoms with Crippen LogP contribution in [-0.4, -0.2) is 18.4 Å². The minimum atomic E-state index is -2.33. The van der Waals surface area contributed by atoms with Crippen molar-refractivity contribution in [1.82, 2.24) is 0 Å². The SMILES string of the molecule is CCCCP(=O)(CCCC)OC(C)CC. The monoisotopic (exact) mass is 234 g/mol. The third-order valence-corrected chi connectivity index (χ3v) is 5.39. The summed E-state index contributed by atoms with van der Waals surface area (Å²) in [6.45, 7) is 8.36. The molecule has 3 heteroatoms. The van der Waals surface area contributed by atoms with Crippen LogP contribution in [-0.2, 0) is 9.09 Å². The maximum atomic E-state index is 12.5. The smallest absolute Gasteiger partial charge is 0.203 e. The number of hydrogen-bond acceptors (Lipinski definition) is 2. The maximum absolute atomic E-state index is 12.5. The van der Waals surface area contributed by atoms with E-state index in [2.05, 4.69) is 20.8 Å². The van der Waals surface area contributed by atoms with Crippen LogP contribution in [0.3, 0.4) is 0 Å².